The van der Waals surface area contributed by atoms with Gasteiger partial charge in [0.1, 0.15) is 0 Å². The lowest BCUT2D eigenvalue weighted by Gasteiger charge is -2.20. The van der Waals surface area contributed by atoms with Crippen LogP contribution in [0.1, 0.15) is 39.2 Å². The molecule has 0 heterocycles. The van der Waals surface area contributed by atoms with E-state index in [2.05, 4.69) is 45.1 Å². The SMILES string of the molecule is CCC1C(CC(C)C)=CC=C1c1ccccc1Cl. The highest BCUT2D eigenvalue weighted by molar-refractivity contribution is 6.32. The summed E-state index contributed by atoms with van der Waals surface area (Å²) in [5.41, 5.74) is 4.14. The van der Waals surface area contributed by atoms with E-state index in [9.17, 15) is 0 Å². The van der Waals surface area contributed by atoms with E-state index < -0.39 is 0 Å². The number of allylic oxidation sites excluding steroid dienone is 4. The Morgan fingerprint density at radius 3 is 2.50 bits per heavy atom. The van der Waals surface area contributed by atoms with Crippen LogP contribution in [-0.2, 0) is 0 Å². The van der Waals surface area contributed by atoms with E-state index >= 15 is 0 Å². The monoisotopic (exact) mass is 260 g/mol. The molecule has 0 N–H and O–H groups in total. The molecule has 0 bridgehead atoms. The van der Waals surface area contributed by atoms with E-state index in [1.54, 1.807) is 5.57 Å². The fraction of sp³-hybridized carbons (Fsp3) is 0.412. The fourth-order valence-corrected chi connectivity index (χ4v) is 3.01. The van der Waals surface area contributed by atoms with Gasteiger partial charge in [-0.05, 0) is 36.0 Å². The van der Waals surface area contributed by atoms with Crippen molar-refractivity contribution in [2.45, 2.75) is 33.6 Å². The lowest BCUT2D eigenvalue weighted by molar-refractivity contribution is 0.592. The summed E-state index contributed by atoms with van der Waals surface area (Å²) in [4.78, 5) is 0. The normalized spacial score (nSPS) is 19.1. The lowest BCUT2D eigenvalue weighted by Crippen LogP contribution is -2.05. The Labute approximate surface area is 115 Å². The Kier molecular flexibility index (Phi) is 4.29. The standard InChI is InChI=1S/C17H21Cl/c1-4-14-13(11-12(2)3)9-10-15(14)16-7-5-6-8-17(16)18/h5-10,12,14H,4,11H2,1-3H3. The first-order chi connectivity index (χ1) is 8.63. The number of halogens is 1. The smallest absolute Gasteiger partial charge is 0.0481 e. The molecule has 0 nitrogen and oxygen atoms in total. The molecule has 2 rings (SSSR count). The predicted molar refractivity (Wildman–Crippen MR) is 80.7 cm³/mol. The van der Waals surface area contributed by atoms with Gasteiger partial charge < -0.3 is 0 Å². The van der Waals surface area contributed by atoms with Crippen molar-refractivity contribution in [3.8, 4) is 0 Å². The van der Waals surface area contributed by atoms with Crippen LogP contribution >= 0.6 is 11.6 Å². The van der Waals surface area contributed by atoms with Gasteiger partial charge in [0.25, 0.3) is 0 Å². The molecule has 96 valence electrons. The molecule has 0 aromatic heterocycles. The highest BCUT2D eigenvalue weighted by Crippen LogP contribution is 2.41. The van der Waals surface area contributed by atoms with Crippen LogP contribution in [0.25, 0.3) is 5.57 Å². The summed E-state index contributed by atoms with van der Waals surface area (Å²) in [5, 5.41) is 0.862. The highest BCUT2D eigenvalue weighted by atomic mass is 35.5. The molecule has 0 spiro atoms. The van der Waals surface area contributed by atoms with E-state index in [0.29, 0.717) is 11.8 Å². The van der Waals surface area contributed by atoms with E-state index in [-0.39, 0.29) is 0 Å². The number of rotatable bonds is 4. The maximum atomic E-state index is 6.32. The summed E-state index contributed by atoms with van der Waals surface area (Å²) in [6, 6.07) is 8.16. The largest absolute Gasteiger partial charge is 0.0837 e. The first kappa shape index (κ1) is 13.4. The number of hydrogen-bond acceptors (Lipinski definition) is 0. The third-order valence-corrected chi connectivity index (χ3v) is 3.87. The molecule has 0 fully saturated rings. The molecule has 0 saturated carbocycles. The first-order valence-corrected chi connectivity index (χ1v) is 7.16. The first-order valence-electron chi connectivity index (χ1n) is 6.79. The maximum Gasteiger partial charge on any atom is 0.0481 e. The van der Waals surface area contributed by atoms with Crippen LogP contribution in [0.3, 0.4) is 0 Å². The van der Waals surface area contributed by atoms with Crippen molar-refractivity contribution in [1.29, 1.82) is 0 Å². The molecule has 1 atom stereocenters. The molecule has 1 aliphatic rings. The van der Waals surface area contributed by atoms with E-state index in [1.165, 1.54) is 17.6 Å². The fourth-order valence-electron chi connectivity index (χ4n) is 2.77. The van der Waals surface area contributed by atoms with Crippen LogP contribution in [0.2, 0.25) is 5.02 Å². The Morgan fingerprint density at radius 2 is 1.89 bits per heavy atom. The van der Waals surface area contributed by atoms with Crippen LogP contribution < -0.4 is 0 Å². The third-order valence-electron chi connectivity index (χ3n) is 3.54. The summed E-state index contributed by atoms with van der Waals surface area (Å²) in [7, 11) is 0. The molecule has 1 aromatic rings. The molecule has 0 radical (unpaired) electrons. The van der Waals surface area contributed by atoms with Crippen LogP contribution in [0, 0.1) is 11.8 Å². The van der Waals surface area contributed by atoms with Crippen LogP contribution in [0.5, 0.6) is 0 Å². The topological polar surface area (TPSA) is 0 Å². The summed E-state index contributed by atoms with van der Waals surface area (Å²) >= 11 is 6.32. The number of hydrogen-bond donors (Lipinski definition) is 0. The van der Waals surface area contributed by atoms with Gasteiger partial charge in [-0.1, -0.05) is 68.3 Å². The Bertz CT molecular complexity index is 480. The zero-order chi connectivity index (χ0) is 13.1. The predicted octanol–water partition coefficient (Wildman–Crippen LogP) is 5.74. The zero-order valence-electron chi connectivity index (χ0n) is 11.4. The molecular weight excluding hydrogens is 240 g/mol. The van der Waals surface area contributed by atoms with Crippen molar-refractivity contribution in [3.05, 3.63) is 52.6 Å². The Hall–Kier alpha value is -1.01. The second kappa shape index (κ2) is 5.75. The minimum absolute atomic E-state index is 0.548. The lowest BCUT2D eigenvalue weighted by atomic mass is 9.85. The minimum Gasteiger partial charge on any atom is -0.0837 e. The highest BCUT2D eigenvalue weighted by Gasteiger charge is 2.23. The summed E-state index contributed by atoms with van der Waals surface area (Å²) < 4.78 is 0. The number of benzene rings is 1. The van der Waals surface area contributed by atoms with Gasteiger partial charge in [-0.25, -0.2) is 0 Å². The van der Waals surface area contributed by atoms with Gasteiger partial charge >= 0.3 is 0 Å². The third kappa shape index (κ3) is 2.70. The average Bonchev–Trinajstić information content (AvgIpc) is 2.71. The van der Waals surface area contributed by atoms with Crippen molar-refractivity contribution < 1.29 is 0 Å². The quantitative estimate of drug-likeness (QED) is 0.648. The Balaban J connectivity index is 2.25. The van der Waals surface area contributed by atoms with Crippen LogP contribution in [0.15, 0.2) is 42.0 Å². The van der Waals surface area contributed by atoms with Gasteiger partial charge in [0.05, 0.1) is 0 Å². The van der Waals surface area contributed by atoms with Crippen molar-refractivity contribution in [2.24, 2.45) is 11.8 Å². The van der Waals surface area contributed by atoms with Crippen molar-refractivity contribution in [3.63, 3.8) is 0 Å². The molecule has 0 saturated heterocycles. The minimum atomic E-state index is 0.548. The molecule has 0 aliphatic heterocycles. The van der Waals surface area contributed by atoms with E-state index in [1.807, 2.05) is 12.1 Å². The molecule has 1 unspecified atom stereocenters. The Morgan fingerprint density at radius 1 is 1.17 bits per heavy atom. The van der Waals surface area contributed by atoms with Gasteiger partial charge in [0.15, 0.2) is 0 Å². The van der Waals surface area contributed by atoms with Gasteiger partial charge in [0, 0.05) is 10.9 Å². The molecule has 18 heavy (non-hydrogen) atoms. The second-order valence-corrected chi connectivity index (χ2v) is 5.81. The van der Waals surface area contributed by atoms with Crippen molar-refractivity contribution in [2.75, 3.05) is 0 Å². The molecular formula is C17H21Cl. The van der Waals surface area contributed by atoms with Gasteiger partial charge in [-0.2, -0.15) is 0 Å². The van der Waals surface area contributed by atoms with E-state index in [4.69, 9.17) is 11.6 Å². The van der Waals surface area contributed by atoms with Crippen LogP contribution in [-0.4, -0.2) is 0 Å². The van der Waals surface area contributed by atoms with Gasteiger partial charge in [0.2, 0.25) is 0 Å². The maximum absolute atomic E-state index is 6.32. The van der Waals surface area contributed by atoms with Crippen LogP contribution in [0.4, 0.5) is 0 Å². The van der Waals surface area contributed by atoms with Gasteiger partial charge in [-0.3, -0.25) is 0 Å². The zero-order valence-corrected chi connectivity index (χ0v) is 12.2. The molecule has 1 aromatic carbocycles. The van der Waals surface area contributed by atoms with E-state index in [0.717, 1.165) is 11.4 Å². The van der Waals surface area contributed by atoms with Crippen molar-refractivity contribution >= 4 is 17.2 Å². The average molecular weight is 261 g/mol. The second-order valence-electron chi connectivity index (χ2n) is 5.40. The summed E-state index contributed by atoms with van der Waals surface area (Å²) in [5.74, 6) is 1.26. The van der Waals surface area contributed by atoms with Gasteiger partial charge in [-0.15, -0.1) is 0 Å². The van der Waals surface area contributed by atoms with Crippen molar-refractivity contribution in [1.82, 2.24) is 0 Å². The molecule has 1 aliphatic carbocycles. The summed E-state index contributed by atoms with van der Waals surface area (Å²) in [6.45, 7) is 6.82. The molecule has 1 heteroatoms. The summed E-state index contributed by atoms with van der Waals surface area (Å²) in [6.07, 6.45) is 6.89. The molecule has 0 amide bonds.